The molecule has 12 rings (SSSR count). The minimum absolute atomic E-state index is 0. The smallest absolute Gasteiger partial charge is 0.407 e. The number of carbonyl (C=O) groups is 6. The van der Waals surface area contributed by atoms with E-state index in [1.165, 1.54) is 14.2 Å². The number of aryl methyl sites for hydroxylation is 4. The number of amides is 3. The van der Waals surface area contributed by atoms with E-state index in [0.29, 0.717) is 34.2 Å². The van der Waals surface area contributed by atoms with E-state index >= 15 is 0 Å². The molecule has 8 aromatic carbocycles. The zero-order chi connectivity index (χ0) is 75.9. The Morgan fingerprint density at radius 2 is 0.824 bits per heavy atom. The summed E-state index contributed by atoms with van der Waals surface area (Å²) in [5.41, 5.74) is 25.5. The van der Waals surface area contributed by atoms with Gasteiger partial charge in [-0.1, -0.05) is 216 Å². The molecule has 2 aliphatic rings. The van der Waals surface area contributed by atoms with Gasteiger partial charge in [-0.05, 0) is 152 Å². The molecule has 3 unspecified atom stereocenters. The first-order valence-electron chi connectivity index (χ1n) is 35.3. The Bertz CT molecular complexity index is 4700. The fourth-order valence-electron chi connectivity index (χ4n) is 13.4. The van der Waals surface area contributed by atoms with Gasteiger partial charge in [-0.15, -0.1) is 0 Å². The van der Waals surface area contributed by atoms with Crippen LogP contribution in [0.5, 0.6) is 0 Å². The second-order valence-corrected chi connectivity index (χ2v) is 26.7. The zero-order valence-corrected chi connectivity index (χ0v) is 62.0. The number of carboxylic acids is 1. The van der Waals surface area contributed by atoms with Gasteiger partial charge in [-0.25, -0.2) is 24.0 Å². The number of hydrogen-bond acceptors (Lipinski definition) is 15. The summed E-state index contributed by atoms with van der Waals surface area (Å²) in [6, 6.07) is 62.9. The van der Waals surface area contributed by atoms with Crippen LogP contribution >= 0.6 is 24.4 Å². The quantitative estimate of drug-likeness (QED) is 0.0121. The van der Waals surface area contributed by atoms with Gasteiger partial charge in [0.15, 0.2) is 0 Å². The number of nitrogens with zero attached hydrogens (tertiary/aromatic N) is 2. The molecular formula is C87H90N8O11S2. The Hall–Kier alpha value is -11.9. The Morgan fingerprint density at radius 3 is 1.19 bits per heavy atom. The molecule has 108 heavy (non-hydrogen) atoms. The van der Waals surface area contributed by atoms with E-state index in [4.69, 9.17) is 49.1 Å². The fourth-order valence-corrected chi connectivity index (χ4v) is 14.3. The Kier molecular flexibility index (Phi) is 28.9. The first-order valence-corrected chi connectivity index (χ1v) is 36.1. The Morgan fingerprint density at radius 1 is 0.454 bits per heavy atom. The van der Waals surface area contributed by atoms with Crippen LogP contribution in [-0.2, 0) is 76.7 Å². The number of nitrogens with one attached hydrogen (secondary N) is 5. The molecule has 2 heterocycles. The normalized spacial score (nSPS) is 12.5. The van der Waals surface area contributed by atoms with Gasteiger partial charge < -0.3 is 56.4 Å². The largest absolute Gasteiger partial charge is 0.480 e. The van der Waals surface area contributed by atoms with Crippen molar-refractivity contribution in [3.63, 3.8) is 0 Å². The minimum Gasteiger partial charge on any atom is -0.480 e. The number of pyridine rings is 2. The number of nitrogen functional groups attached to an aromatic ring is 1. The van der Waals surface area contributed by atoms with Gasteiger partial charge in [0.05, 0.1) is 14.2 Å². The number of nitrogens with two attached hydrogens (primary N) is 1. The maximum Gasteiger partial charge on any atom is 0.407 e. The van der Waals surface area contributed by atoms with E-state index in [1.807, 2.05) is 147 Å². The first kappa shape index (κ1) is 80.2. The molecule has 0 saturated heterocycles. The molecule has 0 fully saturated rings. The standard InChI is InChI=1S/C43H42N4O5S.C23H20N2O4.C20H24N2O2S.CH4/c1-4-30-13-9-11-27(2)39(30)41(53)46-38(42(49)51-3)23-28-18-20-31(21-19-28)45-40(48)37(24-29-12-10-22-44-25-29)47-43(50)52-26-36-34-16-7-5-14-32(34)33-15-6-8-17-35(33)36;26-22(27)21(12-15-6-5-11-24-13-15)25-23(28)29-14-20-18-9-3-1-7-16(18)17-8-2-4-10-19(17)20;1-4-15-7-5-6-13(2)18(15)19(25)22-17(20(23)24-3)12-14-8-10-16(21)11-9-14;/h5-22,25,36-38H,4,23-24,26H2,1-3H3,(H,45,48)(H,46,53)(H,47,50);1-11,13,20-21H,12,14H2,(H,25,28)(H,26,27);5-11,17H,4,12,21H2,1-3H3,(H,22,25);1H4/t37?,38-;;;/m0.../s1. The third kappa shape index (κ3) is 20.8. The number of methoxy groups -OCH3 is 2. The van der Waals surface area contributed by atoms with Crippen LogP contribution in [0.2, 0.25) is 0 Å². The number of rotatable bonds is 25. The minimum atomic E-state index is -1.12. The van der Waals surface area contributed by atoms with E-state index in [9.17, 15) is 33.9 Å². The van der Waals surface area contributed by atoms with Crippen molar-refractivity contribution in [2.75, 3.05) is 38.5 Å². The molecule has 8 N–H and O–H groups in total. The zero-order valence-electron chi connectivity index (χ0n) is 60.4. The molecule has 0 bridgehead atoms. The predicted octanol–water partition coefficient (Wildman–Crippen LogP) is 14.5. The number of carboxylic acid groups (broad SMARTS) is 1. The third-order valence-electron chi connectivity index (χ3n) is 18.8. The highest BCUT2D eigenvalue weighted by Gasteiger charge is 2.33. The van der Waals surface area contributed by atoms with Crippen LogP contribution in [0.3, 0.4) is 0 Å². The van der Waals surface area contributed by atoms with E-state index in [-0.39, 0.29) is 51.3 Å². The second-order valence-electron chi connectivity index (χ2n) is 25.9. The molecule has 2 aromatic heterocycles. The highest BCUT2D eigenvalue weighted by atomic mass is 32.1. The van der Waals surface area contributed by atoms with Gasteiger partial charge in [0, 0.05) is 84.8 Å². The van der Waals surface area contributed by atoms with Crippen LogP contribution in [0, 0.1) is 13.8 Å². The molecule has 4 atom stereocenters. The fraction of sp³-hybridized carbons (Fsp3) is 0.241. The molecular weight excluding hydrogens is 1400 g/mol. The number of aliphatic carboxylic acids is 1. The number of alkyl carbamates (subject to hydrolysis) is 2. The van der Waals surface area contributed by atoms with Crippen molar-refractivity contribution >= 4 is 81.8 Å². The van der Waals surface area contributed by atoms with Crippen molar-refractivity contribution in [3.8, 4) is 22.3 Å². The summed E-state index contributed by atoms with van der Waals surface area (Å²) in [6.45, 7) is 8.44. The molecule has 0 aliphatic heterocycles. The van der Waals surface area contributed by atoms with Gasteiger partial charge in [-0.3, -0.25) is 14.8 Å². The number of fused-ring (bicyclic) bond motifs is 6. The summed E-state index contributed by atoms with van der Waals surface area (Å²) in [7, 11) is 2.73. The third-order valence-corrected chi connectivity index (χ3v) is 19.5. The monoisotopic (exact) mass is 1490 g/mol. The van der Waals surface area contributed by atoms with Crippen molar-refractivity contribution in [2.24, 2.45) is 0 Å². The highest BCUT2D eigenvalue weighted by molar-refractivity contribution is 7.81. The van der Waals surface area contributed by atoms with Gasteiger partial charge in [0.25, 0.3) is 0 Å². The number of hydrogen-bond donors (Lipinski definition) is 7. The first-order chi connectivity index (χ1) is 51.8. The number of anilines is 2. The number of ether oxygens (including phenoxy) is 4. The highest BCUT2D eigenvalue weighted by Crippen LogP contribution is 2.46. The van der Waals surface area contributed by atoms with Crippen molar-refractivity contribution in [1.29, 1.82) is 0 Å². The number of aromatic nitrogens is 2. The molecule has 0 radical (unpaired) electrons. The van der Waals surface area contributed by atoms with Crippen molar-refractivity contribution < 1.29 is 52.8 Å². The average molecular weight is 1490 g/mol. The van der Waals surface area contributed by atoms with Crippen LogP contribution in [0.15, 0.2) is 231 Å². The molecule has 0 saturated carbocycles. The summed E-state index contributed by atoms with van der Waals surface area (Å²) < 4.78 is 21.2. The lowest BCUT2D eigenvalue weighted by atomic mass is 9.98. The molecule has 10 aromatic rings. The van der Waals surface area contributed by atoms with Gasteiger partial charge >= 0.3 is 30.1 Å². The van der Waals surface area contributed by atoms with Crippen LogP contribution in [-0.4, -0.2) is 113 Å². The topological polar surface area (TPSA) is 272 Å². The number of carbonyl (C=O) groups excluding carboxylic acids is 5. The maximum atomic E-state index is 13.7. The number of esters is 2. The van der Waals surface area contributed by atoms with Gasteiger partial charge in [0.2, 0.25) is 5.91 Å². The van der Waals surface area contributed by atoms with E-state index in [2.05, 4.69) is 92.9 Å². The van der Waals surface area contributed by atoms with Crippen LogP contribution in [0.4, 0.5) is 21.0 Å². The molecule has 2 aliphatic carbocycles. The van der Waals surface area contributed by atoms with Crippen LogP contribution in [0.25, 0.3) is 22.3 Å². The number of benzene rings is 8. The van der Waals surface area contributed by atoms with Crippen molar-refractivity contribution in [2.45, 2.75) is 110 Å². The lowest BCUT2D eigenvalue weighted by Gasteiger charge is -2.21. The summed E-state index contributed by atoms with van der Waals surface area (Å²) in [4.78, 5) is 85.0. The van der Waals surface area contributed by atoms with Crippen molar-refractivity contribution in [3.05, 3.63) is 309 Å². The predicted molar refractivity (Wildman–Crippen MR) is 430 cm³/mol. The second kappa shape index (κ2) is 38.9. The lowest BCUT2D eigenvalue weighted by molar-refractivity contribution is -0.143. The summed E-state index contributed by atoms with van der Waals surface area (Å²) in [5, 5.41) is 24.0. The summed E-state index contributed by atoms with van der Waals surface area (Å²) in [6.07, 6.45) is 7.85. The molecule has 0 spiro atoms. The molecule has 19 nitrogen and oxygen atoms in total. The molecule has 3 amide bonds. The van der Waals surface area contributed by atoms with Gasteiger partial charge in [-0.2, -0.15) is 0 Å². The molecule has 21 heteroatoms. The average Bonchev–Trinajstić information content (AvgIpc) is 1.62. The maximum absolute atomic E-state index is 13.7. The van der Waals surface area contributed by atoms with E-state index in [1.54, 1.807) is 55.1 Å². The Balaban J connectivity index is 0.000000206. The van der Waals surface area contributed by atoms with Crippen molar-refractivity contribution in [1.82, 2.24) is 31.2 Å². The van der Waals surface area contributed by atoms with Gasteiger partial charge in [0.1, 0.15) is 47.4 Å². The lowest BCUT2D eigenvalue weighted by Crippen LogP contribution is -2.45. The summed E-state index contributed by atoms with van der Waals surface area (Å²) >= 11 is 11.4. The Labute approximate surface area is 641 Å². The summed E-state index contributed by atoms with van der Waals surface area (Å²) in [5.74, 6) is -2.51. The molecule has 556 valence electrons. The van der Waals surface area contributed by atoms with E-state index < -0.39 is 54.2 Å². The SMILES string of the molecule is C.CCc1cccc(C)c1C(=S)NC(Cc1ccc(N)cc1)C(=O)OC.CCc1cccc(C)c1C(=S)N[C@@H](Cc1ccc(NC(=O)C(Cc2cccnc2)NC(=O)OCC2c3ccccc3-c3ccccc32)cc1)C(=O)OC.O=C(NC(Cc1cccnc1)C(=O)O)OCC1c2ccccc2-c2ccccc21. The van der Waals surface area contributed by atoms with Crippen LogP contribution in [0.1, 0.15) is 111 Å². The number of thiocarbonyl (C=S) groups is 2. The van der Waals surface area contributed by atoms with Crippen LogP contribution < -0.4 is 32.3 Å². The van der Waals surface area contributed by atoms with E-state index in [0.717, 1.165) is 113 Å².